The number of hydrogen-bond acceptors (Lipinski definition) is 3. The number of benzene rings is 1. The lowest BCUT2D eigenvalue weighted by molar-refractivity contribution is -0.126. The van der Waals surface area contributed by atoms with Gasteiger partial charge >= 0.3 is 0 Å². The number of amides is 2. The van der Waals surface area contributed by atoms with Crippen LogP contribution in [0.1, 0.15) is 38.5 Å². The van der Waals surface area contributed by atoms with E-state index in [1.54, 1.807) is 4.90 Å². The lowest BCUT2D eigenvalue weighted by Gasteiger charge is -2.44. The number of carbonyl (C=O) groups excluding carboxylic acids is 2. The molecule has 1 aromatic rings. The molecule has 140 valence electrons. The van der Waals surface area contributed by atoms with Crippen molar-refractivity contribution in [2.45, 2.75) is 44.6 Å². The molecule has 3 fully saturated rings. The van der Waals surface area contributed by atoms with Crippen LogP contribution in [0.5, 0.6) is 0 Å². The van der Waals surface area contributed by atoms with Gasteiger partial charge in [0.2, 0.25) is 11.8 Å². The number of piperidine rings is 2. The summed E-state index contributed by atoms with van der Waals surface area (Å²) in [5.41, 5.74) is 0.887. The Morgan fingerprint density at radius 1 is 1.08 bits per heavy atom. The fourth-order valence-electron chi connectivity index (χ4n) is 4.93. The van der Waals surface area contributed by atoms with Crippen LogP contribution in [0.2, 0.25) is 0 Å². The number of para-hydroxylation sites is 1. The number of nitrogens with zero attached hydrogens (tertiary/aromatic N) is 2. The highest BCUT2D eigenvalue weighted by atomic mass is 16.2. The van der Waals surface area contributed by atoms with E-state index in [0.717, 1.165) is 12.2 Å². The van der Waals surface area contributed by atoms with Crippen molar-refractivity contribution in [3.05, 3.63) is 30.3 Å². The van der Waals surface area contributed by atoms with Crippen molar-refractivity contribution < 1.29 is 9.59 Å². The lowest BCUT2D eigenvalue weighted by atomic mass is 9.83. The molecule has 5 nitrogen and oxygen atoms in total. The number of fused-ring (bicyclic) bond motifs is 1. The predicted molar refractivity (Wildman–Crippen MR) is 102 cm³/mol. The SMILES string of the molecule is O=C(NC[C@@H]1CCCN2CCCC[C@H]12)[C@H]1CC(=O)N(c2ccccc2)C1. The summed E-state index contributed by atoms with van der Waals surface area (Å²) in [6, 6.07) is 10.3. The molecule has 0 spiro atoms. The van der Waals surface area contributed by atoms with Gasteiger partial charge in [-0.3, -0.25) is 9.59 Å². The van der Waals surface area contributed by atoms with E-state index in [2.05, 4.69) is 10.2 Å². The standard InChI is InChI=1S/C21H29N3O2/c25-20-13-17(15-24(20)18-8-2-1-3-9-18)21(26)22-14-16-7-6-12-23-11-5-4-10-19(16)23/h1-3,8-9,16-17,19H,4-7,10-15H2,(H,22,26)/t16-,17-,19+/m0/s1. The summed E-state index contributed by atoms with van der Waals surface area (Å²) >= 11 is 0. The van der Waals surface area contributed by atoms with E-state index >= 15 is 0 Å². The molecule has 3 saturated heterocycles. The minimum Gasteiger partial charge on any atom is -0.355 e. The first-order chi connectivity index (χ1) is 12.7. The van der Waals surface area contributed by atoms with Gasteiger partial charge in [-0.2, -0.15) is 0 Å². The molecule has 1 aromatic carbocycles. The topological polar surface area (TPSA) is 52.7 Å². The molecule has 0 aliphatic carbocycles. The van der Waals surface area contributed by atoms with Crippen LogP contribution in [-0.4, -0.2) is 48.9 Å². The van der Waals surface area contributed by atoms with Crippen molar-refractivity contribution in [3.63, 3.8) is 0 Å². The first kappa shape index (κ1) is 17.5. The Labute approximate surface area is 155 Å². The van der Waals surface area contributed by atoms with E-state index in [9.17, 15) is 9.59 Å². The highest BCUT2D eigenvalue weighted by molar-refractivity contribution is 6.00. The van der Waals surface area contributed by atoms with Gasteiger partial charge in [0.05, 0.1) is 5.92 Å². The molecular weight excluding hydrogens is 326 g/mol. The summed E-state index contributed by atoms with van der Waals surface area (Å²) in [5.74, 6) is 0.432. The molecule has 0 unspecified atom stereocenters. The van der Waals surface area contributed by atoms with Crippen molar-refractivity contribution in [1.82, 2.24) is 10.2 Å². The Balaban J connectivity index is 1.32. The summed E-state index contributed by atoms with van der Waals surface area (Å²) < 4.78 is 0. The fourth-order valence-corrected chi connectivity index (χ4v) is 4.93. The first-order valence-corrected chi connectivity index (χ1v) is 10.1. The number of hydrogen-bond donors (Lipinski definition) is 1. The van der Waals surface area contributed by atoms with Crippen molar-refractivity contribution >= 4 is 17.5 Å². The molecule has 3 aliphatic heterocycles. The Hall–Kier alpha value is -1.88. The van der Waals surface area contributed by atoms with Gasteiger partial charge in [-0.25, -0.2) is 0 Å². The Bertz CT molecular complexity index is 646. The summed E-state index contributed by atoms with van der Waals surface area (Å²) in [5, 5.41) is 3.18. The molecule has 26 heavy (non-hydrogen) atoms. The number of rotatable bonds is 4. The van der Waals surface area contributed by atoms with E-state index in [-0.39, 0.29) is 17.7 Å². The van der Waals surface area contributed by atoms with Gasteiger partial charge in [0.25, 0.3) is 0 Å². The van der Waals surface area contributed by atoms with Gasteiger partial charge in [0, 0.05) is 31.2 Å². The van der Waals surface area contributed by atoms with Crippen molar-refractivity contribution in [3.8, 4) is 0 Å². The number of anilines is 1. The maximum atomic E-state index is 12.7. The third kappa shape index (κ3) is 3.63. The van der Waals surface area contributed by atoms with Crippen LogP contribution in [-0.2, 0) is 9.59 Å². The zero-order valence-corrected chi connectivity index (χ0v) is 15.4. The van der Waals surface area contributed by atoms with Crippen molar-refractivity contribution in [1.29, 1.82) is 0 Å². The Morgan fingerprint density at radius 3 is 2.73 bits per heavy atom. The van der Waals surface area contributed by atoms with Crippen LogP contribution in [0.15, 0.2) is 30.3 Å². The second-order valence-corrected chi connectivity index (χ2v) is 7.99. The van der Waals surface area contributed by atoms with E-state index in [0.29, 0.717) is 24.9 Å². The van der Waals surface area contributed by atoms with E-state index in [1.807, 2.05) is 30.3 Å². The third-order valence-electron chi connectivity index (χ3n) is 6.33. The van der Waals surface area contributed by atoms with Crippen LogP contribution < -0.4 is 10.2 Å². The highest BCUT2D eigenvalue weighted by Gasteiger charge is 2.37. The molecule has 1 N–H and O–H groups in total. The lowest BCUT2D eigenvalue weighted by Crippen LogP contribution is -2.51. The molecule has 0 saturated carbocycles. The highest BCUT2D eigenvalue weighted by Crippen LogP contribution is 2.31. The van der Waals surface area contributed by atoms with Crippen LogP contribution in [0.3, 0.4) is 0 Å². The van der Waals surface area contributed by atoms with Gasteiger partial charge < -0.3 is 15.1 Å². The maximum Gasteiger partial charge on any atom is 0.227 e. The van der Waals surface area contributed by atoms with Gasteiger partial charge in [0.15, 0.2) is 0 Å². The second kappa shape index (κ2) is 7.78. The summed E-state index contributed by atoms with van der Waals surface area (Å²) in [7, 11) is 0. The van der Waals surface area contributed by atoms with Gasteiger partial charge in [-0.05, 0) is 56.8 Å². The molecule has 3 heterocycles. The van der Waals surface area contributed by atoms with Gasteiger partial charge in [-0.15, -0.1) is 0 Å². The summed E-state index contributed by atoms with van der Waals surface area (Å²) in [6.45, 7) is 3.70. The normalized spacial score (nSPS) is 29.5. The van der Waals surface area contributed by atoms with E-state index in [4.69, 9.17) is 0 Å². The quantitative estimate of drug-likeness (QED) is 0.902. The molecule has 3 aliphatic rings. The zero-order valence-electron chi connectivity index (χ0n) is 15.4. The van der Waals surface area contributed by atoms with Crippen LogP contribution in [0.25, 0.3) is 0 Å². The smallest absolute Gasteiger partial charge is 0.227 e. The van der Waals surface area contributed by atoms with Crippen LogP contribution in [0, 0.1) is 11.8 Å². The van der Waals surface area contributed by atoms with Crippen molar-refractivity contribution in [2.75, 3.05) is 31.1 Å². The van der Waals surface area contributed by atoms with E-state index < -0.39 is 0 Å². The zero-order chi connectivity index (χ0) is 17.9. The Morgan fingerprint density at radius 2 is 1.88 bits per heavy atom. The molecule has 0 radical (unpaired) electrons. The van der Waals surface area contributed by atoms with Gasteiger partial charge in [0.1, 0.15) is 0 Å². The van der Waals surface area contributed by atoms with Crippen LogP contribution >= 0.6 is 0 Å². The summed E-state index contributed by atoms with van der Waals surface area (Å²) in [4.78, 5) is 29.4. The first-order valence-electron chi connectivity index (χ1n) is 10.1. The fraction of sp³-hybridized carbons (Fsp3) is 0.619. The number of nitrogens with one attached hydrogen (secondary N) is 1. The monoisotopic (exact) mass is 355 g/mol. The molecule has 3 atom stereocenters. The molecular formula is C21H29N3O2. The minimum atomic E-state index is -0.228. The summed E-state index contributed by atoms with van der Waals surface area (Å²) in [6.07, 6.45) is 6.66. The number of carbonyl (C=O) groups is 2. The van der Waals surface area contributed by atoms with Crippen LogP contribution in [0.4, 0.5) is 5.69 Å². The molecule has 4 rings (SSSR count). The maximum absolute atomic E-state index is 12.7. The third-order valence-corrected chi connectivity index (χ3v) is 6.33. The molecule has 5 heteroatoms. The van der Waals surface area contributed by atoms with Gasteiger partial charge in [-0.1, -0.05) is 24.6 Å². The second-order valence-electron chi connectivity index (χ2n) is 7.99. The average molecular weight is 355 g/mol. The Kier molecular flexibility index (Phi) is 5.25. The molecule has 0 bridgehead atoms. The van der Waals surface area contributed by atoms with Crippen molar-refractivity contribution in [2.24, 2.45) is 11.8 Å². The average Bonchev–Trinajstić information content (AvgIpc) is 3.08. The van der Waals surface area contributed by atoms with E-state index in [1.165, 1.54) is 45.2 Å². The largest absolute Gasteiger partial charge is 0.355 e. The molecule has 0 aromatic heterocycles. The predicted octanol–water partition coefficient (Wildman–Crippen LogP) is 2.42. The molecule has 2 amide bonds. The minimum absolute atomic E-state index is 0.0460.